The van der Waals surface area contributed by atoms with Crippen molar-refractivity contribution in [2.75, 3.05) is 11.9 Å². The van der Waals surface area contributed by atoms with Crippen LogP contribution in [0.2, 0.25) is 0 Å². The number of aliphatic hydroxyl groups is 1. The highest BCUT2D eigenvalue weighted by Crippen LogP contribution is 2.32. The van der Waals surface area contributed by atoms with E-state index in [0.29, 0.717) is 18.4 Å². The molecule has 7 heteroatoms. The number of rotatable bonds is 5. The molecule has 0 fully saturated rings. The van der Waals surface area contributed by atoms with Crippen molar-refractivity contribution in [3.63, 3.8) is 0 Å². The topological polar surface area (TPSA) is 70.6 Å². The van der Waals surface area contributed by atoms with Crippen molar-refractivity contribution < 1.29 is 23.4 Å². The Balaban J connectivity index is 1.75. The molecular formula is C19H20F2N2O3. The molecule has 3 rings (SSSR count). The van der Waals surface area contributed by atoms with Gasteiger partial charge in [0.25, 0.3) is 0 Å². The van der Waals surface area contributed by atoms with Gasteiger partial charge in [-0.3, -0.25) is 0 Å². The number of fused-ring (bicyclic) bond motifs is 1. The molecule has 0 saturated carbocycles. The fourth-order valence-corrected chi connectivity index (χ4v) is 3.31. The summed E-state index contributed by atoms with van der Waals surface area (Å²) in [7, 11) is 0. The number of hydrogen-bond acceptors (Lipinski definition) is 3. The van der Waals surface area contributed by atoms with Crippen molar-refractivity contribution in [2.45, 2.75) is 31.9 Å². The van der Waals surface area contributed by atoms with Gasteiger partial charge >= 0.3 is 12.6 Å². The number of carbonyl (C=O) groups is 1. The molecule has 0 aromatic heterocycles. The summed E-state index contributed by atoms with van der Waals surface area (Å²) < 4.78 is 29.6. The van der Waals surface area contributed by atoms with E-state index in [1.165, 1.54) is 6.07 Å². The van der Waals surface area contributed by atoms with Gasteiger partial charge in [-0.2, -0.15) is 8.78 Å². The lowest BCUT2D eigenvalue weighted by molar-refractivity contribution is -0.0493. The van der Waals surface area contributed by atoms with E-state index in [1.807, 2.05) is 24.3 Å². The molecule has 0 heterocycles. The lowest BCUT2D eigenvalue weighted by Gasteiger charge is -2.28. The smallest absolute Gasteiger partial charge is 0.387 e. The summed E-state index contributed by atoms with van der Waals surface area (Å²) in [6.07, 6.45) is 1.00. The van der Waals surface area contributed by atoms with Gasteiger partial charge in [-0.15, -0.1) is 0 Å². The van der Waals surface area contributed by atoms with E-state index < -0.39 is 18.2 Å². The fraction of sp³-hybridized carbons (Fsp3) is 0.316. The molecule has 2 aromatic rings. The first-order valence-corrected chi connectivity index (χ1v) is 8.24. The van der Waals surface area contributed by atoms with E-state index in [4.69, 9.17) is 0 Å². The van der Waals surface area contributed by atoms with E-state index in [-0.39, 0.29) is 18.0 Å². The number of halogens is 2. The second-order valence-corrected chi connectivity index (χ2v) is 6.47. The van der Waals surface area contributed by atoms with Crippen LogP contribution in [0.15, 0.2) is 42.5 Å². The molecule has 0 aliphatic heterocycles. The van der Waals surface area contributed by atoms with Crippen LogP contribution in [0.1, 0.15) is 16.7 Å². The van der Waals surface area contributed by atoms with E-state index in [9.17, 15) is 18.7 Å². The van der Waals surface area contributed by atoms with Crippen LogP contribution in [0, 0.1) is 6.92 Å². The number of carbonyl (C=O) groups excluding carboxylic acids is 1. The number of ether oxygens (including phenoxy) is 1. The summed E-state index contributed by atoms with van der Waals surface area (Å²) in [4.78, 5) is 12.5. The molecule has 0 spiro atoms. The Labute approximate surface area is 150 Å². The number of aryl methyl sites for hydroxylation is 1. The largest absolute Gasteiger partial charge is 0.433 e. The highest BCUT2D eigenvalue weighted by Gasteiger charge is 2.38. The Morgan fingerprint density at radius 1 is 1.19 bits per heavy atom. The van der Waals surface area contributed by atoms with Crippen LogP contribution >= 0.6 is 0 Å². The lowest BCUT2D eigenvalue weighted by Crippen LogP contribution is -2.53. The molecule has 0 atom stereocenters. The predicted octanol–water partition coefficient (Wildman–Crippen LogP) is 3.25. The van der Waals surface area contributed by atoms with Crippen molar-refractivity contribution in [3.05, 3.63) is 59.2 Å². The van der Waals surface area contributed by atoms with Crippen LogP contribution < -0.4 is 15.4 Å². The first kappa shape index (κ1) is 18.1. The van der Waals surface area contributed by atoms with Crippen LogP contribution in [0.5, 0.6) is 5.75 Å². The lowest BCUT2D eigenvalue weighted by atomic mass is 9.97. The van der Waals surface area contributed by atoms with Gasteiger partial charge in [-0.25, -0.2) is 4.79 Å². The molecular weight excluding hydrogens is 342 g/mol. The molecule has 0 unspecified atom stereocenters. The Morgan fingerprint density at radius 3 is 2.42 bits per heavy atom. The Kier molecular flexibility index (Phi) is 5.08. The zero-order chi connectivity index (χ0) is 18.7. The number of aliphatic hydroxyl groups excluding tert-OH is 1. The number of anilines is 1. The minimum absolute atomic E-state index is 0.108. The maximum absolute atomic E-state index is 12.6. The Hall–Kier alpha value is -2.67. The van der Waals surface area contributed by atoms with Gasteiger partial charge in [0.15, 0.2) is 0 Å². The number of para-hydroxylation sites is 1. The third-order valence-electron chi connectivity index (χ3n) is 4.55. The van der Waals surface area contributed by atoms with E-state index in [2.05, 4.69) is 15.4 Å². The first-order chi connectivity index (χ1) is 12.4. The van der Waals surface area contributed by atoms with Crippen LogP contribution in [0.25, 0.3) is 0 Å². The van der Waals surface area contributed by atoms with Crippen LogP contribution in [-0.2, 0) is 12.8 Å². The number of alkyl halides is 2. The van der Waals surface area contributed by atoms with Gasteiger partial charge in [0.1, 0.15) is 5.75 Å². The second kappa shape index (κ2) is 7.29. The highest BCUT2D eigenvalue weighted by atomic mass is 19.3. The minimum atomic E-state index is -2.99. The van der Waals surface area contributed by atoms with Crippen LogP contribution in [-0.4, -0.2) is 29.9 Å². The standard InChI is InChI=1S/C19H20F2N2O3/c1-12-5-4-8-15(26-17(20)21)16(12)22-18(25)23-19(11-24)9-13-6-2-3-7-14(13)10-19/h2-8,17,24H,9-11H2,1H3,(H2,22,23,25). The normalized spacial score (nSPS) is 14.8. The Bertz CT molecular complexity index is 786. The fourth-order valence-electron chi connectivity index (χ4n) is 3.31. The van der Waals surface area contributed by atoms with E-state index >= 15 is 0 Å². The van der Waals surface area contributed by atoms with Gasteiger partial charge in [-0.1, -0.05) is 36.4 Å². The summed E-state index contributed by atoms with van der Waals surface area (Å²) in [5.74, 6) is -0.108. The monoisotopic (exact) mass is 362 g/mol. The molecule has 138 valence electrons. The van der Waals surface area contributed by atoms with Crippen LogP contribution in [0.3, 0.4) is 0 Å². The molecule has 3 N–H and O–H groups in total. The summed E-state index contributed by atoms with van der Waals surface area (Å²) in [6.45, 7) is -1.54. The molecule has 2 amide bonds. The quantitative estimate of drug-likeness (QED) is 0.765. The average Bonchev–Trinajstić information content (AvgIpc) is 2.96. The number of hydrogen-bond donors (Lipinski definition) is 3. The average molecular weight is 362 g/mol. The van der Waals surface area contributed by atoms with Gasteiger partial charge in [0.2, 0.25) is 0 Å². The van der Waals surface area contributed by atoms with Gasteiger partial charge in [-0.05, 0) is 42.5 Å². The maximum Gasteiger partial charge on any atom is 0.387 e. The van der Waals surface area contributed by atoms with E-state index in [1.54, 1.807) is 19.1 Å². The third-order valence-corrected chi connectivity index (χ3v) is 4.55. The number of benzene rings is 2. The molecule has 0 saturated heterocycles. The molecule has 5 nitrogen and oxygen atoms in total. The van der Waals surface area contributed by atoms with Crippen molar-refractivity contribution in [3.8, 4) is 5.75 Å². The van der Waals surface area contributed by atoms with Gasteiger partial charge in [0.05, 0.1) is 17.8 Å². The SMILES string of the molecule is Cc1cccc(OC(F)F)c1NC(=O)NC1(CO)Cc2ccccc2C1. The first-order valence-electron chi connectivity index (χ1n) is 8.24. The minimum Gasteiger partial charge on any atom is -0.433 e. The summed E-state index contributed by atoms with van der Waals surface area (Å²) >= 11 is 0. The molecule has 2 aromatic carbocycles. The molecule has 0 radical (unpaired) electrons. The third kappa shape index (κ3) is 3.77. The molecule has 1 aliphatic carbocycles. The van der Waals surface area contributed by atoms with Gasteiger partial charge in [0, 0.05) is 0 Å². The van der Waals surface area contributed by atoms with Crippen molar-refractivity contribution in [1.82, 2.24) is 5.32 Å². The Morgan fingerprint density at radius 2 is 1.85 bits per heavy atom. The van der Waals surface area contributed by atoms with E-state index in [0.717, 1.165) is 11.1 Å². The molecule has 1 aliphatic rings. The summed E-state index contributed by atoms with van der Waals surface area (Å²) in [5, 5.41) is 15.2. The molecule has 0 bridgehead atoms. The summed E-state index contributed by atoms with van der Waals surface area (Å²) in [6, 6.07) is 11.8. The zero-order valence-corrected chi connectivity index (χ0v) is 14.3. The predicted molar refractivity (Wildman–Crippen MR) is 93.6 cm³/mol. The number of urea groups is 1. The second-order valence-electron chi connectivity index (χ2n) is 6.47. The van der Waals surface area contributed by atoms with Gasteiger partial charge < -0.3 is 20.5 Å². The molecule has 26 heavy (non-hydrogen) atoms. The highest BCUT2D eigenvalue weighted by molar-refractivity contribution is 5.92. The van der Waals surface area contributed by atoms with Crippen molar-refractivity contribution in [2.24, 2.45) is 0 Å². The maximum atomic E-state index is 12.6. The van der Waals surface area contributed by atoms with Crippen molar-refractivity contribution in [1.29, 1.82) is 0 Å². The zero-order valence-electron chi connectivity index (χ0n) is 14.3. The summed E-state index contributed by atoms with van der Waals surface area (Å²) in [5.41, 5.74) is 2.08. The van der Waals surface area contributed by atoms with Crippen molar-refractivity contribution >= 4 is 11.7 Å². The number of nitrogens with one attached hydrogen (secondary N) is 2. The number of amides is 2. The van der Waals surface area contributed by atoms with Crippen LogP contribution in [0.4, 0.5) is 19.3 Å².